The first-order valence-corrected chi connectivity index (χ1v) is 6.23. The van der Waals surface area contributed by atoms with Crippen LogP contribution in [0.1, 0.15) is 61.3 Å². The fraction of sp³-hybridized carbons (Fsp3) is 0.857. The third-order valence-electron chi connectivity index (χ3n) is 2.44. The normalized spacial score (nSPS) is 14.3. The molecule has 0 bridgehead atoms. The second-order valence-electron chi connectivity index (χ2n) is 6.51. The van der Waals surface area contributed by atoms with Crippen molar-refractivity contribution in [2.75, 3.05) is 0 Å². The predicted molar refractivity (Wildman–Crippen MR) is 68.7 cm³/mol. The van der Waals surface area contributed by atoms with Gasteiger partial charge in [-0.1, -0.05) is 27.7 Å². The Hall–Kier alpha value is -0.860. The minimum absolute atomic E-state index is 0.130. The van der Waals surface area contributed by atoms with Gasteiger partial charge in [0.05, 0.1) is 6.42 Å². The zero-order valence-corrected chi connectivity index (χ0v) is 12.2. The minimum atomic E-state index is -0.486. The van der Waals surface area contributed by atoms with Crippen LogP contribution in [0.4, 0.5) is 0 Å². The molecule has 0 aromatic carbocycles. The maximum Gasteiger partial charge on any atom is 0.307 e. The van der Waals surface area contributed by atoms with Crippen LogP contribution in [-0.2, 0) is 14.3 Å². The molecule has 17 heavy (non-hydrogen) atoms. The van der Waals surface area contributed by atoms with Gasteiger partial charge >= 0.3 is 5.97 Å². The van der Waals surface area contributed by atoms with Crippen molar-refractivity contribution in [3.63, 3.8) is 0 Å². The smallest absolute Gasteiger partial charge is 0.307 e. The van der Waals surface area contributed by atoms with E-state index in [1.165, 1.54) is 0 Å². The quantitative estimate of drug-likeness (QED) is 0.710. The molecule has 3 nitrogen and oxygen atoms in total. The van der Waals surface area contributed by atoms with Crippen molar-refractivity contribution in [1.82, 2.24) is 0 Å². The summed E-state index contributed by atoms with van der Waals surface area (Å²) in [6.07, 6.45) is 0.860. The van der Waals surface area contributed by atoms with Gasteiger partial charge in [0.15, 0.2) is 0 Å². The van der Waals surface area contributed by atoms with E-state index in [0.717, 1.165) is 0 Å². The van der Waals surface area contributed by atoms with Crippen LogP contribution in [0.25, 0.3) is 0 Å². The van der Waals surface area contributed by atoms with Crippen molar-refractivity contribution in [1.29, 1.82) is 0 Å². The molecule has 1 atom stereocenters. The number of carbonyl (C=O) groups excluding carboxylic acids is 2. The summed E-state index contributed by atoms with van der Waals surface area (Å²) < 4.78 is 5.24. The van der Waals surface area contributed by atoms with E-state index in [1.54, 1.807) is 0 Å². The van der Waals surface area contributed by atoms with E-state index in [0.29, 0.717) is 6.42 Å². The molecule has 0 unspecified atom stereocenters. The molecule has 0 fully saturated rings. The number of rotatable bonds is 4. The van der Waals surface area contributed by atoms with Gasteiger partial charge < -0.3 is 4.74 Å². The van der Waals surface area contributed by atoms with Gasteiger partial charge in [-0.05, 0) is 27.2 Å². The molecule has 0 heterocycles. The van der Waals surface area contributed by atoms with E-state index in [9.17, 15) is 9.59 Å². The van der Waals surface area contributed by atoms with Crippen molar-refractivity contribution < 1.29 is 14.3 Å². The lowest BCUT2D eigenvalue weighted by Gasteiger charge is -2.25. The Morgan fingerprint density at radius 1 is 1.06 bits per heavy atom. The van der Waals surface area contributed by atoms with Gasteiger partial charge in [-0.25, -0.2) is 0 Å². The molecule has 0 amide bonds. The Labute approximate surface area is 105 Å². The summed E-state index contributed by atoms with van der Waals surface area (Å²) in [5.41, 5.74) is -0.886. The first-order chi connectivity index (χ1) is 7.47. The van der Waals surface area contributed by atoms with Crippen LogP contribution in [0.2, 0.25) is 0 Å². The SMILES string of the molecule is CC[C@@H](CC(=O)OC(C)(C)C)C(=O)C(C)(C)C. The summed E-state index contributed by atoms with van der Waals surface area (Å²) in [6, 6.07) is 0. The fourth-order valence-corrected chi connectivity index (χ4v) is 1.62. The molecule has 0 aliphatic rings. The lowest BCUT2D eigenvalue weighted by Crippen LogP contribution is -2.32. The molecule has 0 spiro atoms. The summed E-state index contributed by atoms with van der Waals surface area (Å²) in [5.74, 6) is -0.391. The molecule has 100 valence electrons. The van der Waals surface area contributed by atoms with Crippen LogP contribution in [-0.4, -0.2) is 17.4 Å². The lowest BCUT2D eigenvalue weighted by molar-refractivity contribution is -0.157. The standard InChI is InChI=1S/C14H26O3/c1-8-10(12(16)13(2,3)4)9-11(15)17-14(5,6)7/h10H,8-9H2,1-7H3/t10-/m0/s1. The molecule has 0 aliphatic heterocycles. The molecule has 0 saturated carbocycles. The number of hydrogen-bond acceptors (Lipinski definition) is 3. The molecule has 0 N–H and O–H groups in total. The number of hydrogen-bond donors (Lipinski definition) is 0. The maximum absolute atomic E-state index is 12.1. The van der Waals surface area contributed by atoms with E-state index in [1.807, 2.05) is 48.5 Å². The Morgan fingerprint density at radius 2 is 1.53 bits per heavy atom. The van der Waals surface area contributed by atoms with Crippen LogP contribution >= 0.6 is 0 Å². The van der Waals surface area contributed by atoms with Crippen LogP contribution in [0.5, 0.6) is 0 Å². The Morgan fingerprint density at radius 3 is 1.82 bits per heavy atom. The number of Topliss-reactive ketones (excluding diaryl/α,β-unsaturated/α-hetero) is 1. The van der Waals surface area contributed by atoms with E-state index in [2.05, 4.69) is 0 Å². The van der Waals surface area contributed by atoms with Crippen molar-refractivity contribution in [3.8, 4) is 0 Å². The number of esters is 1. The first kappa shape index (κ1) is 16.1. The van der Waals surface area contributed by atoms with Gasteiger partial charge in [0, 0.05) is 11.3 Å². The van der Waals surface area contributed by atoms with Gasteiger partial charge in [0.1, 0.15) is 11.4 Å². The molecule has 3 heteroatoms. The zero-order valence-electron chi connectivity index (χ0n) is 12.2. The second-order valence-corrected chi connectivity index (χ2v) is 6.51. The third-order valence-corrected chi connectivity index (χ3v) is 2.44. The first-order valence-electron chi connectivity index (χ1n) is 6.23. The molecular formula is C14H26O3. The van der Waals surface area contributed by atoms with Gasteiger partial charge in [-0.15, -0.1) is 0 Å². The molecular weight excluding hydrogens is 216 g/mol. The van der Waals surface area contributed by atoms with E-state index in [4.69, 9.17) is 4.74 Å². The topological polar surface area (TPSA) is 43.4 Å². The Balaban J connectivity index is 4.53. The Bertz CT molecular complexity index is 279. The lowest BCUT2D eigenvalue weighted by atomic mass is 9.80. The summed E-state index contributed by atoms with van der Waals surface area (Å²) >= 11 is 0. The highest BCUT2D eigenvalue weighted by Crippen LogP contribution is 2.25. The van der Waals surface area contributed by atoms with E-state index in [-0.39, 0.29) is 24.1 Å². The number of ketones is 1. The van der Waals surface area contributed by atoms with Crippen LogP contribution in [0.3, 0.4) is 0 Å². The molecule has 0 radical (unpaired) electrons. The summed E-state index contributed by atoms with van der Waals surface area (Å²) in [7, 11) is 0. The zero-order chi connectivity index (χ0) is 13.9. The van der Waals surface area contributed by atoms with Gasteiger partial charge in [0.2, 0.25) is 0 Å². The largest absolute Gasteiger partial charge is 0.460 e. The Kier molecular flexibility index (Phi) is 5.37. The van der Waals surface area contributed by atoms with Crippen LogP contribution in [0, 0.1) is 11.3 Å². The second kappa shape index (κ2) is 5.65. The predicted octanol–water partition coefficient (Wildman–Crippen LogP) is 3.36. The highest BCUT2D eigenvalue weighted by Gasteiger charge is 2.31. The van der Waals surface area contributed by atoms with Crippen molar-refractivity contribution >= 4 is 11.8 Å². The van der Waals surface area contributed by atoms with Crippen molar-refractivity contribution in [3.05, 3.63) is 0 Å². The summed E-state index contributed by atoms with van der Waals surface area (Å²) in [4.78, 5) is 23.8. The van der Waals surface area contributed by atoms with Gasteiger partial charge in [0.25, 0.3) is 0 Å². The van der Waals surface area contributed by atoms with E-state index < -0.39 is 11.0 Å². The monoisotopic (exact) mass is 242 g/mol. The molecule has 0 aromatic rings. The molecule has 0 rings (SSSR count). The summed E-state index contributed by atoms with van der Waals surface area (Å²) in [5, 5.41) is 0. The van der Waals surface area contributed by atoms with Crippen molar-refractivity contribution in [2.45, 2.75) is 66.9 Å². The average Bonchev–Trinajstić information content (AvgIpc) is 2.08. The highest BCUT2D eigenvalue weighted by atomic mass is 16.6. The summed E-state index contributed by atoms with van der Waals surface area (Å²) in [6.45, 7) is 13.1. The molecule has 0 aliphatic carbocycles. The van der Waals surface area contributed by atoms with Gasteiger partial charge in [-0.2, -0.15) is 0 Å². The average molecular weight is 242 g/mol. The molecule has 0 saturated heterocycles. The molecule has 0 aromatic heterocycles. The van der Waals surface area contributed by atoms with Crippen LogP contribution in [0.15, 0.2) is 0 Å². The van der Waals surface area contributed by atoms with Crippen molar-refractivity contribution in [2.24, 2.45) is 11.3 Å². The highest BCUT2D eigenvalue weighted by molar-refractivity contribution is 5.89. The fourth-order valence-electron chi connectivity index (χ4n) is 1.62. The number of ether oxygens (including phenoxy) is 1. The van der Waals surface area contributed by atoms with E-state index >= 15 is 0 Å². The van der Waals surface area contributed by atoms with Gasteiger partial charge in [-0.3, -0.25) is 9.59 Å². The number of carbonyl (C=O) groups is 2. The van der Waals surface area contributed by atoms with Crippen LogP contribution < -0.4 is 0 Å². The maximum atomic E-state index is 12.1. The third kappa shape index (κ3) is 6.44. The minimum Gasteiger partial charge on any atom is -0.460 e.